The zero-order valence-corrected chi connectivity index (χ0v) is 27.5. The van der Waals surface area contributed by atoms with E-state index in [0.717, 1.165) is 61.7 Å². The van der Waals surface area contributed by atoms with Gasteiger partial charge in [0.15, 0.2) is 0 Å². The summed E-state index contributed by atoms with van der Waals surface area (Å²) in [6, 6.07) is 30.7. The van der Waals surface area contributed by atoms with Gasteiger partial charge in [0, 0.05) is 22.0 Å². The van der Waals surface area contributed by atoms with Crippen LogP contribution >= 0.6 is 11.6 Å². The van der Waals surface area contributed by atoms with Crippen molar-refractivity contribution in [2.75, 3.05) is 14.2 Å². The van der Waals surface area contributed by atoms with Gasteiger partial charge in [0.05, 0.1) is 32.1 Å². The molecule has 0 fully saturated rings. The first kappa shape index (κ1) is 32.4. The molecule has 2 heterocycles. The van der Waals surface area contributed by atoms with Gasteiger partial charge in [0.2, 0.25) is 0 Å². The van der Waals surface area contributed by atoms with Crippen molar-refractivity contribution in [3.8, 4) is 45.5 Å². The Bertz CT molecular complexity index is 2000. The molecule has 0 aliphatic rings. The highest BCUT2D eigenvalue weighted by Gasteiger charge is 2.09. The van der Waals surface area contributed by atoms with Crippen molar-refractivity contribution in [3.63, 3.8) is 0 Å². The Labute approximate surface area is 273 Å². The lowest BCUT2D eigenvalue weighted by atomic mass is 10.1. The Morgan fingerprint density at radius 3 is 1.61 bits per heavy atom. The van der Waals surface area contributed by atoms with Gasteiger partial charge in [-0.05, 0) is 141 Å². The molecule has 236 valence electrons. The summed E-state index contributed by atoms with van der Waals surface area (Å²) >= 11 is 6.33. The maximum Gasteiger partial charge on any atom is 0.256 e. The zero-order chi connectivity index (χ0) is 32.8. The summed E-state index contributed by atoms with van der Waals surface area (Å²) < 4.78 is 21.8. The van der Waals surface area contributed by atoms with Crippen LogP contribution < -0.4 is 24.5 Å². The van der Waals surface area contributed by atoms with Crippen molar-refractivity contribution >= 4 is 33.1 Å². The lowest BCUT2D eigenvalue weighted by Crippen LogP contribution is -2.07. The molecule has 0 spiro atoms. The quantitative estimate of drug-likeness (QED) is 0.168. The summed E-state index contributed by atoms with van der Waals surface area (Å²) in [6.45, 7) is 7.99. The highest BCUT2D eigenvalue weighted by molar-refractivity contribution is 6.34. The average Bonchev–Trinajstić information content (AvgIpc) is 3.04. The second kappa shape index (κ2) is 14.4. The van der Waals surface area contributed by atoms with Crippen molar-refractivity contribution in [2.45, 2.75) is 39.9 Å². The maximum atomic E-state index is 12.3. The summed E-state index contributed by atoms with van der Waals surface area (Å²) in [6.07, 6.45) is 0.287. The highest BCUT2D eigenvalue weighted by Crippen LogP contribution is 2.31. The fraction of sp³-hybridized carbons (Fsp3) is 0.211. The molecule has 0 unspecified atom stereocenters. The van der Waals surface area contributed by atoms with Gasteiger partial charge >= 0.3 is 0 Å². The van der Waals surface area contributed by atoms with Crippen LogP contribution in [0.4, 0.5) is 0 Å². The smallest absolute Gasteiger partial charge is 0.256 e. The number of hydrogen-bond acceptors (Lipinski definition) is 6. The van der Waals surface area contributed by atoms with E-state index in [2.05, 4.69) is 9.97 Å². The molecular weight excluding hydrogens is 600 g/mol. The minimum Gasteiger partial charge on any atom is -0.497 e. The summed E-state index contributed by atoms with van der Waals surface area (Å²) in [5.74, 6) is 3.19. The van der Waals surface area contributed by atoms with Gasteiger partial charge in [-0.15, -0.1) is 0 Å². The molecule has 0 saturated carbocycles. The highest BCUT2D eigenvalue weighted by atomic mass is 35.5. The van der Waals surface area contributed by atoms with Crippen molar-refractivity contribution in [2.24, 2.45) is 0 Å². The van der Waals surface area contributed by atoms with Gasteiger partial charge in [-0.2, -0.15) is 0 Å². The topological polar surface area (TPSA) is 82.7 Å². The van der Waals surface area contributed by atoms with Crippen LogP contribution in [0.15, 0.2) is 102 Å². The molecule has 6 rings (SSSR count). The largest absolute Gasteiger partial charge is 0.497 e. The van der Waals surface area contributed by atoms with E-state index in [1.807, 2.05) is 113 Å². The van der Waals surface area contributed by atoms with Gasteiger partial charge in [-0.1, -0.05) is 11.6 Å². The molecule has 4 aromatic carbocycles. The van der Waals surface area contributed by atoms with Gasteiger partial charge in [0.25, 0.3) is 5.56 Å². The number of fused-ring (bicyclic) bond motifs is 2. The first-order chi connectivity index (χ1) is 22.1. The van der Waals surface area contributed by atoms with Gasteiger partial charge in [0.1, 0.15) is 28.2 Å². The molecule has 0 aliphatic carbocycles. The SMILES string of the molecule is COc1ccc2c(=O)[nH]c(-c3ccc(OC(C)C)cc3)cc2c1.COc1ccc2c(Cl)nc(-c3ccc(OC(C)C)cc3)cc2c1. The molecule has 0 bridgehead atoms. The molecule has 0 amide bonds. The van der Waals surface area contributed by atoms with Crippen LogP contribution in [0.1, 0.15) is 27.7 Å². The number of nitrogens with zero attached hydrogens (tertiary/aromatic N) is 1. The zero-order valence-electron chi connectivity index (χ0n) is 26.8. The Morgan fingerprint density at radius 2 is 1.09 bits per heavy atom. The molecule has 8 heteroatoms. The van der Waals surface area contributed by atoms with Crippen LogP contribution in [0.3, 0.4) is 0 Å². The summed E-state index contributed by atoms with van der Waals surface area (Å²) in [7, 11) is 3.26. The Balaban J connectivity index is 0.000000181. The molecule has 46 heavy (non-hydrogen) atoms. The molecule has 0 radical (unpaired) electrons. The van der Waals surface area contributed by atoms with Crippen LogP contribution in [0.25, 0.3) is 44.1 Å². The maximum absolute atomic E-state index is 12.3. The van der Waals surface area contributed by atoms with Gasteiger partial charge in [-0.3, -0.25) is 4.79 Å². The number of benzene rings is 4. The number of hydrogen-bond donors (Lipinski definition) is 1. The van der Waals surface area contributed by atoms with Crippen LogP contribution in [0, 0.1) is 0 Å². The molecule has 7 nitrogen and oxygen atoms in total. The van der Waals surface area contributed by atoms with Gasteiger partial charge < -0.3 is 23.9 Å². The van der Waals surface area contributed by atoms with Crippen molar-refractivity contribution in [1.82, 2.24) is 9.97 Å². The van der Waals surface area contributed by atoms with Crippen LogP contribution in [0.5, 0.6) is 23.0 Å². The number of halogens is 1. The number of methoxy groups -OCH3 is 2. The number of pyridine rings is 2. The number of H-pyrrole nitrogens is 1. The summed E-state index contributed by atoms with van der Waals surface area (Å²) in [5, 5.41) is 3.90. The molecule has 0 saturated heterocycles. The van der Waals surface area contributed by atoms with E-state index >= 15 is 0 Å². The fourth-order valence-corrected chi connectivity index (χ4v) is 5.22. The molecule has 6 aromatic rings. The first-order valence-corrected chi connectivity index (χ1v) is 15.4. The minimum atomic E-state index is -0.109. The lowest BCUT2D eigenvalue weighted by molar-refractivity contribution is 0.242. The third-order valence-corrected chi connectivity index (χ3v) is 7.39. The second-order valence-electron chi connectivity index (χ2n) is 11.2. The van der Waals surface area contributed by atoms with Crippen molar-refractivity contribution in [1.29, 1.82) is 0 Å². The number of ether oxygens (including phenoxy) is 4. The molecular formula is C38H37ClN2O5. The second-order valence-corrected chi connectivity index (χ2v) is 11.6. The fourth-order valence-electron chi connectivity index (χ4n) is 4.96. The molecule has 1 N–H and O–H groups in total. The number of aromatic nitrogens is 2. The normalized spacial score (nSPS) is 11.0. The van der Waals surface area contributed by atoms with Crippen LogP contribution in [0.2, 0.25) is 5.15 Å². The third kappa shape index (κ3) is 7.79. The van der Waals surface area contributed by atoms with E-state index in [9.17, 15) is 4.79 Å². The minimum absolute atomic E-state index is 0.109. The van der Waals surface area contributed by atoms with Crippen LogP contribution in [-0.4, -0.2) is 36.4 Å². The van der Waals surface area contributed by atoms with Crippen LogP contribution in [-0.2, 0) is 0 Å². The predicted octanol–water partition coefficient (Wildman–Crippen LogP) is 9.34. The van der Waals surface area contributed by atoms with E-state index in [1.54, 1.807) is 26.4 Å². The Morgan fingerprint density at radius 1 is 0.609 bits per heavy atom. The summed E-state index contributed by atoms with van der Waals surface area (Å²) in [5.41, 5.74) is 3.41. The summed E-state index contributed by atoms with van der Waals surface area (Å²) in [4.78, 5) is 19.7. The Hall–Kier alpha value is -5.01. The van der Waals surface area contributed by atoms with Crippen molar-refractivity contribution in [3.05, 3.63) is 113 Å². The molecule has 0 atom stereocenters. The standard InChI is InChI=1S/C19H18ClNO2.C19H19NO3/c1-12(2)23-15-6-4-13(5-7-15)18-11-14-10-16(22-3)8-9-17(14)19(20)21-18;1-12(2)23-15-6-4-13(5-7-15)18-11-14-10-16(22-3)8-9-17(14)19(21)20-18/h4-12H,1-3H3;4-12H,1-3H3,(H,20,21). The Kier molecular flexibility index (Phi) is 10.1. The van der Waals surface area contributed by atoms with Gasteiger partial charge in [-0.25, -0.2) is 4.98 Å². The van der Waals surface area contributed by atoms with E-state index in [0.29, 0.717) is 10.5 Å². The average molecular weight is 637 g/mol. The number of rotatable bonds is 8. The van der Waals surface area contributed by atoms with E-state index in [-0.39, 0.29) is 17.8 Å². The third-order valence-electron chi connectivity index (χ3n) is 7.10. The monoisotopic (exact) mass is 636 g/mol. The lowest BCUT2D eigenvalue weighted by Gasteiger charge is -2.11. The predicted molar refractivity (Wildman–Crippen MR) is 187 cm³/mol. The number of aromatic amines is 1. The number of nitrogens with one attached hydrogen (secondary N) is 1. The molecule has 0 aliphatic heterocycles. The molecule has 2 aromatic heterocycles. The van der Waals surface area contributed by atoms with E-state index < -0.39 is 0 Å². The van der Waals surface area contributed by atoms with E-state index in [4.69, 9.17) is 30.5 Å². The van der Waals surface area contributed by atoms with E-state index in [1.165, 1.54) is 0 Å². The first-order valence-electron chi connectivity index (χ1n) is 15.0. The van der Waals surface area contributed by atoms with Crippen molar-refractivity contribution < 1.29 is 18.9 Å².